The lowest BCUT2D eigenvalue weighted by molar-refractivity contribution is -0.0429. The SMILES string of the molecule is O=S(=O)(Nc1cccc(CC2Cc3ccc(O)cc3C2O)c1)C(F)(F)F. The number of alkyl halides is 3. The molecular weight excluding hydrogens is 371 g/mol. The lowest BCUT2D eigenvalue weighted by Gasteiger charge is -2.16. The molecule has 0 saturated carbocycles. The van der Waals surface area contributed by atoms with Crippen LogP contribution in [0.2, 0.25) is 0 Å². The van der Waals surface area contributed by atoms with Crippen molar-refractivity contribution in [1.82, 2.24) is 0 Å². The summed E-state index contributed by atoms with van der Waals surface area (Å²) in [5.41, 5.74) is -3.47. The number of aliphatic hydroxyl groups is 1. The highest BCUT2D eigenvalue weighted by atomic mass is 32.2. The molecule has 0 heterocycles. The van der Waals surface area contributed by atoms with Crippen molar-refractivity contribution in [3.05, 3.63) is 59.2 Å². The van der Waals surface area contributed by atoms with Crippen LogP contribution in [-0.2, 0) is 22.9 Å². The fraction of sp³-hybridized carbons (Fsp3) is 0.294. The number of rotatable bonds is 4. The van der Waals surface area contributed by atoms with Crippen LogP contribution in [0.3, 0.4) is 0 Å². The van der Waals surface area contributed by atoms with Crippen molar-refractivity contribution in [2.75, 3.05) is 4.72 Å². The number of benzene rings is 2. The van der Waals surface area contributed by atoms with Crippen LogP contribution in [0.25, 0.3) is 0 Å². The molecule has 0 amide bonds. The lowest BCUT2D eigenvalue weighted by Crippen LogP contribution is -2.29. The third-order valence-electron chi connectivity index (χ3n) is 4.36. The van der Waals surface area contributed by atoms with E-state index in [-0.39, 0.29) is 17.4 Å². The van der Waals surface area contributed by atoms with Gasteiger partial charge < -0.3 is 10.2 Å². The second kappa shape index (κ2) is 6.48. The fourth-order valence-electron chi connectivity index (χ4n) is 3.15. The summed E-state index contributed by atoms with van der Waals surface area (Å²) in [5.74, 6) is -0.173. The first-order valence-electron chi connectivity index (χ1n) is 7.75. The van der Waals surface area contributed by atoms with Gasteiger partial charge in [0.05, 0.1) is 6.10 Å². The number of sulfonamides is 1. The minimum Gasteiger partial charge on any atom is -0.508 e. The third-order valence-corrected chi connectivity index (χ3v) is 5.47. The minimum atomic E-state index is -5.48. The molecule has 0 spiro atoms. The predicted molar refractivity (Wildman–Crippen MR) is 89.0 cm³/mol. The van der Waals surface area contributed by atoms with E-state index in [1.807, 2.05) is 0 Å². The van der Waals surface area contributed by atoms with E-state index in [0.29, 0.717) is 24.0 Å². The van der Waals surface area contributed by atoms with Gasteiger partial charge in [-0.1, -0.05) is 18.2 Å². The molecule has 2 aromatic carbocycles. The highest BCUT2D eigenvalue weighted by Gasteiger charge is 2.46. The predicted octanol–water partition coefficient (Wildman–Crippen LogP) is 3.10. The maximum absolute atomic E-state index is 12.5. The average molecular weight is 387 g/mol. The first-order valence-corrected chi connectivity index (χ1v) is 9.23. The standard InChI is InChI=1S/C17H16F3NO4S/c18-17(19,20)26(24,25)21-13-3-1-2-10(7-13)6-12-8-11-4-5-14(22)9-15(11)16(12)23/h1-5,7,9,12,16,21-23H,6,8H2. The maximum Gasteiger partial charge on any atom is 0.516 e. The van der Waals surface area contributed by atoms with Crippen molar-refractivity contribution in [3.63, 3.8) is 0 Å². The number of hydrogen-bond donors (Lipinski definition) is 3. The van der Waals surface area contributed by atoms with Crippen molar-refractivity contribution < 1.29 is 31.8 Å². The number of phenols is 1. The van der Waals surface area contributed by atoms with Gasteiger partial charge in [-0.05, 0) is 59.7 Å². The molecule has 0 saturated heterocycles. The number of fused-ring (bicyclic) bond motifs is 1. The van der Waals surface area contributed by atoms with Gasteiger partial charge in [-0.15, -0.1) is 0 Å². The van der Waals surface area contributed by atoms with Crippen molar-refractivity contribution in [3.8, 4) is 5.75 Å². The van der Waals surface area contributed by atoms with E-state index in [9.17, 15) is 31.8 Å². The van der Waals surface area contributed by atoms with E-state index in [0.717, 1.165) is 5.56 Å². The van der Waals surface area contributed by atoms with E-state index in [1.54, 1.807) is 12.1 Å². The minimum absolute atomic E-state index is 0.0482. The summed E-state index contributed by atoms with van der Waals surface area (Å²) in [4.78, 5) is 0. The summed E-state index contributed by atoms with van der Waals surface area (Å²) in [6.45, 7) is 0. The zero-order chi connectivity index (χ0) is 19.1. The molecule has 26 heavy (non-hydrogen) atoms. The van der Waals surface area contributed by atoms with E-state index in [1.165, 1.54) is 35.1 Å². The van der Waals surface area contributed by atoms with Gasteiger partial charge in [-0.3, -0.25) is 4.72 Å². The number of aliphatic hydroxyl groups excluding tert-OH is 1. The molecule has 3 rings (SSSR count). The van der Waals surface area contributed by atoms with Crippen LogP contribution in [-0.4, -0.2) is 24.1 Å². The third kappa shape index (κ3) is 3.63. The van der Waals surface area contributed by atoms with Crippen LogP contribution in [0.4, 0.5) is 18.9 Å². The van der Waals surface area contributed by atoms with Crippen molar-refractivity contribution in [2.24, 2.45) is 5.92 Å². The van der Waals surface area contributed by atoms with Gasteiger partial charge in [0.15, 0.2) is 0 Å². The van der Waals surface area contributed by atoms with Crippen LogP contribution in [0.1, 0.15) is 22.8 Å². The molecule has 5 nitrogen and oxygen atoms in total. The molecule has 1 aliphatic carbocycles. The number of anilines is 1. The Hall–Kier alpha value is -2.26. The van der Waals surface area contributed by atoms with Gasteiger partial charge in [0.1, 0.15) is 5.75 Å². The van der Waals surface area contributed by atoms with Gasteiger partial charge in [-0.2, -0.15) is 21.6 Å². The number of nitrogens with one attached hydrogen (secondary N) is 1. The Balaban J connectivity index is 1.76. The number of phenolic OH excluding ortho intramolecular Hbond substituents is 1. The van der Waals surface area contributed by atoms with Gasteiger partial charge in [0.2, 0.25) is 0 Å². The van der Waals surface area contributed by atoms with Gasteiger partial charge in [0, 0.05) is 5.69 Å². The normalized spacial score (nSPS) is 20.0. The lowest BCUT2D eigenvalue weighted by atomic mass is 9.94. The van der Waals surface area contributed by atoms with Crippen LogP contribution in [0.15, 0.2) is 42.5 Å². The Labute approximate surface area is 148 Å². The summed E-state index contributed by atoms with van der Waals surface area (Å²) in [6, 6.07) is 10.4. The average Bonchev–Trinajstić information content (AvgIpc) is 2.82. The Morgan fingerprint density at radius 3 is 2.58 bits per heavy atom. The quantitative estimate of drug-likeness (QED) is 0.753. The molecule has 0 aromatic heterocycles. The molecule has 2 atom stereocenters. The second-order valence-electron chi connectivity index (χ2n) is 6.25. The van der Waals surface area contributed by atoms with E-state index < -0.39 is 21.6 Å². The molecule has 2 unspecified atom stereocenters. The molecule has 0 radical (unpaired) electrons. The smallest absolute Gasteiger partial charge is 0.508 e. The topological polar surface area (TPSA) is 86.6 Å². The van der Waals surface area contributed by atoms with E-state index in [4.69, 9.17) is 0 Å². The molecule has 0 aliphatic heterocycles. The van der Waals surface area contributed by atoms with E-state index >= 15 is 0 Å². The first-order chi connectivity index (χ1) is 12.1. The molecule has 2 aromatic rings. The Morgan fingerprint density at radius 1 is 1.15 bits per heavy atom. The number of aromatic hydroxyl groups is 1. The zero-order valence-corrected chi connectivity index (χ0v) is 14.2. The van der Waals surface area contributed by atoms with Crippen molar-refractivity contribution in [2.45, 2.75) is 24.5 Å². The zero-order valence-electron chi connectivity index (χ0n) is 13.4. The number of halogens is 3. The van der Waals surface area contributed by atoms with Crippen LogP contribution < -0.4 is 4.72 Å². The molecular formula is C17H16F3NO4S. The molecule has 1 aliphatic rings. The molecule has 140 valence electrons. The summed E-state index contributed by atoms with van der Waals surface area (Å²) in [5, 5.41) is 20.0. The van der Waals surface area contributed by atoms with Crippen molar-refractivity contribution in [1.29, 1.82) is 0 Å². The molecule has 0 fully saturated rings. The maximum atomic E-state index is 12.5. The van der Waals surface area contributed by atoms with Gasteiger partial charge >= 0.3 is 15.5 Å². The van der Waals surface area contributed by atoms with Crippen LogP contribution in [0, 0.1) is 5.92 Å². The van der Waals surface area contributed by atoms with E-state index in [2.05, 4.69) is 0 Å². The van der Waals surface area contributed by atoms with Crippen LogP contribution >= 0.6 is 0 Å². The fourth-order valence-corrected chi connectivity index (χ4v) is 3.71. The van der Waals surface area contributed by atoms with Crippen molar-refractivity contribution >= 4 is 15.7 Å². The second-order valence-corrected chi connectivity index (χ2v) is 7.92. The summed E-state index contributed by atoms with van der Waals surface area (Å²) in [7, 11) is -5.48. The summed E-state index contributed by atoms with van der Waals surface area (Å²) >= 11 is 0. The largest absolute Gasteiger partial charge is 0.516 e. The van der Waals surface area contributed by atoms with Crippen LogP contribution in [0.5, 0.6) is 5.75 Å². The highest BCUT2D eigenvalue weighted by molar-refractivity contribution is 7.93. The van der Waals surface area contributed by atoms with Gasteiger partial charge in [0.25, 0.3) is 0 Å². The molecule has 0 bridgehead atoms. The molecule has 9 heteroatoms. The van der Waals surface area contributed by atoms with Gasteiger partial charge in [-0.25, -0.2) is 0 Å². The monoisotopic (exact) mass is 387 g/mol. The summed E-state index contributed by atoms with van der Waals surface area (Å²) < 4.78 is 61.4. The Bertz CT molecular complexity index is 928. The Morgan fingerprint density at radius 2 is 1.88 bits per heavy atom. The molecule has 3 N–H and O–H groups in total. The number of hydrogen-bond acceptors (Lipinski definition) is 4. The highest BCUT2D eigenvalue weighted by Crippen LogP contribution is 2.39. The summed E-state index contributed by atoms with van der Waals surface area (Å²) in [6.07, 6.45) is 0.0839. The Kier molecular flexibility index (Phi) is 4.61. The first kappa shape index (κ1) is 18.5.